The number of rotatable bonds is 7. The van der Waals surface area contributed by atoms with Gasteiger partial charge in [-0.15, -0.1) is 0 Å². The lowest BCUT2D eigenvalue weighted by Crippen LogP contribution is -2.21. The monoisotopic (exact) mass is 254 g/mol. The van der Waals surface area contributed by atoms with Gasteiger partial charge in [-0.2, -0.15) is 0 Å². The molecule has 0 aromatic heterocycles. The number of esters is 1. The highest BCUT2D eigenvalue weighted by Gasteiger charge is 2.06. The molecule has 0 aliphatic heterocycles. The summed E-state index contributed by atoms with van der Waals surface area (Å²) in [5.74, 6) is 0.435. The van der Waals surface area contributed by atoms with Crippen molar-refractivity contribution in [2.75, 3.05) is 27.9 Å². The molecule has 0 aliphatic rings. The van der Waals surface area contributed by atoms with Gasteiger partial charge in [0.25, 0.3) is 0 Å². The van der Waals surface area contributed by atoms with Crippen LogP contribution in [0.3, 0.4) is 0 Å². The molecule has 100 valence electrons. The lowest BCUT2D eigenvalue weighted by molar-refractivity contribution is -0.139. The third kappa shape index (κ3) is 4.73. The number of benzene rings is 1. The quantitative estimate of drug-likeness (QED) is 0.544. The van der Waals surface area contributed by atoms with Crippen molar-refractivity contribution < 1.29 is 23.7 Å². The summed E-state index contributed by atoms with van der Waals surface area (Å²) in [6.07, 6.45) is -0.130. The lowest BCUT2D eigenvalue weighted by Gasteiger charge is -2.14. The van der Waals surface area contributed by atoms with Gasteiger partial charge < -0.3 is 18.9 Å². The van der Waals surface area contributed by atoms with Crippen LogP contribution in [0.25, 0.3) is 0 Å². The van der Waals surface area contributed by atoms with Gasteiger partial charge in [0.2, 0.25) is 0 Å². The Labute approximate surface area is 107 Å². The number of hydrogen-bond acceptors (Lipinski definition) is 5. The zero-order valence-corrected chi connectivity index (χ0v) is 10.8. The van der Waals surface area contributed by atoms with Crippen molar-refractivity contribution in [2.45, 2.75) is 12.7 Å². The highest BCUT2D eigenvalue weighted by molar-refractivity contribution is 5.72. The Balaban J connectivity index is 2.47. The molecule has 0 bridgehead atoms. The van der Waals surface area contributed by atoms with Crippen LogP contribution >= 0.6 is 0 Å². The molecule has 0 saturated carbocycles. The Kier molecular flexibility index (Phi) is 6.18. The molecule has 18 heavy (non-hydrogen) atoms. The smallest absolute Gasteiger partial charge is 0.309 e. The van der Waals surface area contributed by atoms with E-state index in [-0.39, 0.29) is 18.7 Å². The molecule has 5 heteroatoms. The molecule has 0 heterocycles. The van der Waals surface area contributed by atoms with Crippen LogP contribution in [0.4, 0.5) is 0 Å². The molecule has 0 N–H and O–H groups in total. The van der Waals surface area contributed by atoms with E-state index in [0.29, 0.717) is 12.4 Å². The van der Waals surface area contributed by atoms with Gasteiger partial charge in [-0.1, -0.05) is 12.1 Å². The number of carbonyl (C=O) groups excluding carboxylic acids is 1. The van der Waals surface area contributed by atoms with Gasteiger partial charge >= 0.3 is 5.97 Å². The Morgan fingerprint density at radius 1 is 1.11 bits per heavy atom. The second-order valence-electron chi connectivity index (χ2n) is 3.61. The van der Waals surface area contributed by atoms with Gasteiger partial charge in [-0.25, -0.2) is 0 Å². The second-order valence-corrected chi connectivity index (χ2v) is 3.61. The zero-order chi connectivity index (χ0) is 13.4. The molecule has 0 unspecified atom stereocenters. The molecule has 0 radical (unpaired) electrons. The Morgan fingerprint density at radius 2 is 1.72 bits per heavy atom. The minimum Gasteiger partial charge on any atom is -0.488 e. The summed E-state index contributed by atoms with van der Waals surface area (Å²) in [7, 11) is 4.48. The van der Waals surface area contributed by atoms with Crippen molar-refractivity contribution in [1.29, 1.82) is 0 Å². The molecule has 1 rings (SSSR count). The number of methoxy groups -OCH3 is 3. The van der Waals surface area contributed by atoms with Crippen LogP contribution in [0.5, 0.6) is 5.75 Å². The van der Waals surface area contributed by atoms with Crippen LogP contribution in [0.1, 0.15) is 5.56 Å². The van der Waals surface area contributed by atoms with E-state index in [1.54, 1.807) is 26.4 Å². The maximum atomic E-state index is 11.1. The first-order valence-electron chi connectivity index (χ1n) is 5.53. The Bertz CT molecular complexity index is 356. The normalized spacial score (nSPS) is 10.4. The number of carbonyl (C=O) groups is 1. The van der Waals surface area contributed by atoms with Crippen molar-refractivity contribution in [1.82, 2.24) is 0 Å². The van der Waals surface area contributed by atoms with Crippen LogP contribution < -0.4 is 4.74 Å². The summed E-state index contributed by atoms with van der Waals surface area (Å²) in [6, 6.07) is 7.23. The molecule has 5 nitrogen and oxygen atoms in total. The largest absolute Gasteiger partial charge is 0.488 e. The van der Waals surface area contributed by atoms with Gasteiger partial charge in [0.1, 0.15) is 12.4 Å². The molecular formula is C13H18O5. The van der Waals surface area contributed by atoms with Crippen LogP contribution in [0, 0.1) is 0 Å². The Hall–Kier alpha value is -1.59. The predicted molar refractivity (Wildman–Crippen MR) is 65.5 cm³/mol. The van der Waals surface area contributed by atoms with Crippen molar-refractivity contribution >= 4 is 5.97 Å². The van der Waals surface area contributed by atoms with E-state index in [1.807, 2.05) is 12.1 Å². The van der Waals surface area contributed by atoms with Gasteiger partial charge in [-0.05, 0) is 17.7 Å². The van der Waals surface area contributed by atoms with Gasteiger partial charge in [0, 0.05) is 14.2 Å². The molecule has 0 fully saturated rings. The van der Waals surface area contributed by atoms with E-state index in [0.717, 1.165) is 5.56 Å². The van der Waals surface area contributed by atoms with Crippen LogP contribution in [-0.4, -0.2) is 40.2 Å². The van der Waals surface area contributed by atoms with E-state index < -0.39 is 0 Å². The summed E-state index contributed by atoms with van der Waals surface area (Å²) < 4.78 is 20.1. The fourth-order valence-corrected chi connectivity index (χ4v) is 1.34. The molecule has 1 aromatic carbocycles. The van der Waals surface area contributed by atoms with Crippen molar-refractivity contribution in [2.24, 2.45) is 0 Å². The first kappa shape index (κ1) is 14.5. The van der Waals surface area contributed by atoms with E-state index >= 15 is 0 Å². The SMILES string of the molecule is COC(=O)Cc1ccc(OCC(OC)OC)cc1. The molecule has 0 spiro atoms. The minimum atomic E-state index is -0.389. The van der Waals surface area contributed by atoms with Crippen molar-refractivity contribution in [3.8, 4) is 5.75 Å². The number of ether oxygens (including phenoxy) is 4. The van der Waals surface area contributed by atoms with Gasteiger partial charge in [-0.3, -0.25) is 4.79 Å². The first-order chi connectivity index (χ1) is 8.69. The maximum absolute atomic E-state index is 11.1. The fraction of sp³-hybridized carbons (Fsp3) is 0.462. The summed E-state index contributed by atoms with van der Waals surface area (Å²) in [4.78, 5) is 11.1. The molecule has 1 aromatic rings. The average Bonchev–Trinajstić information content (AvgIpc) is 2.41. The van der Waals surface area contributed by atoms with Crippen LogP contribution in [0.2, 0.25) is 0 Å². The molecule has 0 aliphatic carbocycles. The molecule has 0 atom stereocenters. The molecule has 0 amide bonds. The van der Waals surface area contributed by atoms with Gasteiger partial charge in [0.15, 0.2) is 6.29 Å². The maximum Gasteiger partial charge on any atom is 0.309 e. The van der Waals surface area contributed by atoms with Crippen molar-refractivity contribution in [3.05, 3.63) is 29.8 Å². The van der Waals surface area contributed by atoms with E-state index in [1.165, 1.54) is 7.11 Å². The molecule has 0 saturated heterocycles. The summed E-state index contributed by atoms with van der Waals surface area (Å²) in [6.45, 7) is 0.309. The number of hydrogen-bond donors (Lipinski definition) is 0. The van der Waals surface area contributed by atoms with Crippen LogP contribution in [-0.2, 0) is 25.4 Å². The van der Waals surface area contributed by atoms with E-state index in [2.05, 4.69) is 4.74 Å². The second kappa shape index (κ2) is 7.68. The van der Waals surface area contributed by atoms with Crippen molar-refractivity contribution in [3.63, 3.8) is 0 Å². The topological polar surface area (TPSA) is 54.0 Å². The third-order valence-corrected chi connectivity index (χ3v) is 2.41. The average molecular weight is 254 g/mol. The minimum absolute atomic E-state index is 0.259. The third-order valence-electron chi connectivity index (χ3n) is 2.41. The standard InChI is InChI=1S/C13H18O5/c1-15-12(14)8-10-4-6-11(7-5-10)18-9-13(16-2)17-3/h4-7,13H,8-9H2,1-3H3. The Morgan fingerprint density at radius 3 is 2.22 bits per heavy atom. The van der Waals surface area contributed by atoms with Gasteiger partial charge in [0.05, 0.1) is 13.5 Å². The van der Waals surface area contributed by atoms with E-state index in [4.69, 9.17) is 14.2 Å². The summed E-state index contributed by atoms with van der Waals surface area (Å²) in [5.41, 5.74) is 0.879. The first-order valence-corrected chi connectivity index (χ1v) is 5.53. The summed E-state index contributed by atoms with van der Waals surface area (Å²) >= 11 is 0. The van der Waals surface area contributed by atoms with Crippen LogP contribution in [0.15, 0.2) is 24.3 Å². The summed E-state index contributed by atoms with van der Waals surface area (Å²) in [5, 5.41) is 0. The zero-order valence-electron chi connectivity index (χ0n) is 10.8. The molecular weight excluding hydrogens is 236 g/mol. The predicted octanol–water partition coefficient (Wildman–Crippen LogP) is 1.40. The highest BCUT2D eigenvalue weighted by Crippen LogP contribution is 2.13. The highest BCUT2D eigenvalue weighted by atomic mass is 16.7. The van der Waals surface area contributed by atoms with E-state index in [9.17, 15) is 4.79 Å². The fourth-order valence-electron chi connectivity index (χ4n) is 1.34. The lowest BCUT2D eigenvalue weighted by atomic mass is 10.1.